The molecular formula is C27H34N2O5S. The Morgan fingerprint density at radius 3 is 2.14 bits per heavy atom. The van der Waals surface area contributed by atoms with Gasteiger partial charge in [0.1, 0.15) is 16.7 Å². The van der Waals surface area contributed by atoms with Crippen LogP contribution >= 0.6 is 0 Å². The predicted octanol–water partition coefficient (Wildman–Crippen LogP) is 4.97. The third-order valence-electron chi connectivity index (χ3n) is 5.93. The van der Waals surface area contributed by atoms with Gasteiger partial charge in [-0.05, 0) is 49.1 Å². The quantitative estimate of drug-likeness (QED) is 0.320. The van der Waals surface area contributed by atoms with Gasteiger partial charge >= 0.3 is 16.1 Å². The highest BCUT2D eigenvalue weighted by Crippen LogP contribution is 2.33. The molecule has 0 spiro atoms. The molecule has 0 aliphatic rings. The van der Waals surface area contributed by atoms with Crippen LogP contribution in [0.15, 0.2) is 65.6 Å². The van der Waals surface area contributed by atoms with Crippen molar-refractivity contribution < 1.29 is 22.5 Å². The van der Waals surface area contributed by atoms with Gasteiger partial charge in [0, 0.05) is 29.5 Å². The summed E-state index contributed by atoms with van der Waals surface area (Å²) in [4.78, 5) is 13.4. The van der Waals surface area contributed by atoms with Crippen LogP contribution in [0.1, 0.15) is 45.1 Å². The minimum absolute atomic E-state index is 0.111. The molecule has 3 aromatic carbocycles. The number of rotatable bonds is 13. The molecule has 0 radical (unpaired) electrons. The van der Waals surface area contributed by atoms with E-state index in [2.05, 4.69) is 18.7 Å². The van der Waals surface area contributed by atoms with Crippen molar-refractivity contribution in [3.8, 4) is 5.75 Å². The molecule has 3 N–H and O–H groups in total. The topological polar surface area (TPSA) is 110 Å². The van der Waals surface area contributed by atoms with Crippen LogP contribution in [0.2, 0.25) is 0 Å². The molecule has 0 fully saturated rings. The molecule has 0 aromatic heterocycles. The van der Waals surface area contributed by atoms with Crippen LogP contribution in [-0.2, 0) is 21.3 Å². The average molecular weight is 499 g/mol. The van der Waals surface area contributed by atoms with Crippen molar-refractivity contribution in [2.75, 3.05) is 18.0 Å². The molecule has 0 amide bonds. The monoisotopic (exact) mass is 498 g/mol. The van der Waals surface area contributed by atoms with E-state index >= 15 is 0 Å². The zero-order chi connectivity index (χ0) is 25.4. The number of unbranched alkanes of at least 4 members (excludes halogenated alkanes) is 2. The fourth-order valence-electron chi connectivity index (χ4n) is 4.00. The minimum Gasteiger partial charge on any atom is -0.480 e. The van der Waals surface area contributed by atoms with Crippen LogP contribution in [0.5, 0.6) is 5.75 Å². The van der Waals surface area contributed by atoms with Crippen LogP contribution in [0.25, 0.3) is 10.8 Å². The highest BCUT2D eigenvalue weighted by atomic mass is 32.2. The Labute approximate surface area is 207 Å². The maximum Gasteiger partial charge on any atom is 0.339 e. The van der Waals surface area contributed by atoms with Gasteiger partial charge in [-0.2, -0.15) is 8.42 Å². The molecule has 7 nitrogen and oxygen atoms in total. The van der Waals surface area contributed by atoms with Gasteiger partial charge in [0.15, 0.2) is 0 Å². The first-order valence-electron chi connectivity index (χ1n) is 12.0. The van der Waals surface area contributed by atoms with Crippen molar-refractivity contribution >= 4 is 32.5 Å². The maximum absolute atomic E-state index is 13.3. The largest absolute Gasteiger partial charge is 0.480 e. The molecule has 0 saturated carbocycles. The Morgan fingerprint density at radius 1 is 0.943 bits per heavy atom. The molecule has 0 heterocycles. The Bertz CT molecular complexity index is 1230. The van der Waals surface area contributed by atoms with Gasteiger partial charge < -0.3 is 19.9 Å². The Morgan fingerprint density at radius 2 is 1.54 bits per heavy atom. The number of carboxylic acid groups (broad SMARTS) is 1. The van der Waals surface area contributed by atoms with Gasteiger partial charge in [-0.3, -0.25) is 4.79 Å². The molecule has 3 aromatic rings. The number of benzene rings is 3. The van der Waals surface area contributed by atoms with E-state index in [0.29, 0.717) is 10.9 Å². The third-order valence-corrected chi connectivity index (χ3v) is 7.24. The van der Waals surface area contributed by atoms with Crippen molar-refractivity contribution in [3.63, 3.8) is 0 Å². The number of nitrogens with two attached hydrogens (primary N) is 1. The molecule has 0 bridgehead atoms. The van der Waals surface area contributed by atoms with Crippen molar-refractivity contribution in [1.29, 1.82) is 0 Å². The normalized spacial score (nSPS) is 12.4. The van der Waals surface area contributed by atoms with Gasteiger partial charge in [0.25, 0.3) is 0 Å². The standard InChI is InChI=1S/C27H34N2O5S/c1-3-5-17-29(18-6-4-2)25-11-7-10-23-22(25)9-8-12-26(23)35(32,33)34-21-15-13-20(14-16-21)19-24(28)27(30)31/h7-16,24H,3-6,17-19,28H2,1-2H3,(H,30,31). The van der Waals surface area contributed by atoms with Gasteiger partial charge in [0.05, 0.1) is 0 Å². The fourth-order valence-corrected chi connectivity index (χ4v) is 5.15. The van der Waals surface area contributed by atoms with Crippen LogP contribution in [0, 0.1) is 0 Å². The van der Waals surface area contributed by atoms with E-state index in [4.69, 9.17) is 15.0 Å². The second kappa shape index (κ2) is 12.0. The summed E-state index contributed by atoms with van der Waals surface area (Å²) in [6.07, 6.45) is 4.44. The summed E-state index contributed by atoms with van der Waals surface area (Å²) in [5, 5.41) is 10.5. The highest BCUT2D eigenvalue weighted by molar-refractivity contribution is 7.87. The first kappa shape index (κ1) is 26.5. The molecule has 1 atom stereocenters. The smallest absolute Gasteiger partial charge is 0.339 e. The molecule has 35 heavy (non-hydrogen) atoms. The van der Waals surface area contributed by atoms with Gasteiger partial charge in [-0.1, -0.05) is 63.1 Å². The lowest BCUT2D eigenvalue weighted by atomic mass is 10.1. The van der Waals surface area contributed by atoms with E-state index in [1.54, 1.807) is 24.3 Å². The Hall–Kier alpha value is -3.10. The fraction of sp³-hybridized carbons (Fsp3) is 0.370. The first-order chi connectivity index (χ1) is 16.8. The predicted molar refractivity (Wildman–Crippen MR) is 140 cm³/mol. The van der Waals surface area contributed by atoms with E-state index in [0.717, 1.165) is 49.8 Å². The average Bonchev–Trinajstić information content (AvgIpc) is 2.84. The second-order valence-corrected chi connectivity index (χ2v) is 10.2. The second-order valence-electron chi connectivity index (χ2n) is 8.65. The number of fused-ring (bicyclic) bond motifs is 1. The van der Waals surface area contributed by atoms with Crippen molar-refractivity contribution in [2.45, 2.75) is 56.9 Å². The summed E-state index contributed by atoms with van der Waals surface area (Å²) in [7, 11) is -4.10. The van der Waals surface area contributed by atoms with E-state index in [-0.39, 0.29) is 17.1 Å². The van der Waals surface area contributed by atoms with E-state index in [9.17, 15) is 13.2 Å². The highest BCUT2D eigenvalue weighted by Gasteiger charge is 2.22. The van der Waals surface area contributed by atoms with E-state index < -0.39 is 22.1 Å². The van der Waals surface area contributed by atoms with Crippen LogP contribution < -0.4 is 14.8 Å². The zero-order valence-corrected chi connectivity index (χ0v) is 21.1. The summed E-state index contributed by atoms with van der Waals surface area (Å²) >= 11 is 0. The maximum atomic E-state index is 13.3. The number of nitrogens with zero attached hydrogens (tertiary/aromatic N) is 1. The van der Waals surface area contributed by atoms with Gasteiger partial charge in [-0.25, -0.2) is 0 Å². The SMILES string of the molecule is CCCCN(CCCC)c1cccc2c(S(=O)(=O)Oc3ccc(CC(N)C(=O)O)cc3)cccc12. The number of carboxylic acids is 1. The van der Waals surface area contributed by atoms with E-state index in [1.165, 1.54) is 12.1 Å². The summed E-state index contributed by atoms with van der Waals surface area (Å²) in [5.74, 6) is -0.940. The molecule has 1 unspecified atom stereocenters. The number of hydrogen-bond donors (Lipinski definition) is 2. The molecule has 0 saturated heterocycles. The van der Waals surface area contributed by atoms with Crippen LogP contribution in [0.4, 0.5) is 5.69 Å². The summed E-state index contributed by atoms with van der Waals surface area (Å²) in [5.41, 5.74) is 7.28. The Kier molecular flexibility index (Phi) is 9.12. The summed E-state index contributed by atoms with van der Waals surface area (Å²) in [6.45, 7) is 6.16. The lowest BCUT2D eigenvalue weighted by Crippen LogP contribution is -2.32. The van der Waals surface area contributed by atoms with E-state index in [1.807, 2.05) is 24.3 Å². The number of aliphatic carboxylic acids is 1. The molecule has 188 valence electrons. The lowest BCUT2D eigenvalue weighted by molar-refractivity contribution is -0.138. The molecule has 0 aliphatic carbocycles. The molecular weight excluding hydrogens is 464 g/mol. The number of hydrogen-bond acceptors (Lipinski definition) is 6. The van der Waals surface area contributed by atoms with Crippen molar-refractivity contribution in [3.05, 3.63) is 66.2 Å². The Balaban J connectivity index is 1.91. The third kappa shape index (κ3) is 6.74. The van der Waals surface area contributed by atoms with Crippen molar-refractivity contribution in [2.24, 2.45) is 5.73 Å². The summed E-state index contributed by atoms with van der Waals surface area (Å²) in [6, 6.07) is 16.2. The van der Waals surface area contributed by atoms with Crippen molar-refractivity contribution in [1.82, 2.24) is 0 Å². The molecule has 3 rings (SSSR count). The molecule has 0 aliphatic heterocycles. The lowest BCUT2D eigenvalue weighted by Gasteiger charge is -2.26. The summed E-state index contributed by atoms with van der Waals surface area (Å²) < 4.78 is 32.0. The minimum atomic E-state index is -4.10. The van der Waals surface area contributed by atoms with Gasteiger partial charge in [-0.15, -0.1) is 0 Å². The zero-order valence-electron chi connectivity index (χ0n) is 20.3. The number of carbonyl (C=O) groups is 1. The van der Waals surface area contributed by atoms with Gasteiger partial charge in [0.2, 0.25) is 0 Å². The van der Waals surface area contributed by atoms with Crippen LogP contribution in [0.3, 0.4) is 0 Å². The number of anilines is 1. The molecule has 8 heteroatoms. The van der Waals surface area contributed by atoms with Crippen LogP contribution in [-0.4, -0.2) is 38.6 Å². The first-order valence-corrected chi connectivity index (χ1v) is 13.5.